The van der Waals surface area contributed by atoms with Crippen molar-refractivity contribution in [3.63, 3.8) is 0 Å². The molecule has 0 rings (SSSR count). The van der Waals surface area contributed by atoms with Gasteiger partial charge in [-0.25, -0.2) is 0 Å². The number of amides is 1. The molecule has 0 aliphatic rings. The van der Waals surface area contributed by atoms with Crippen LogP contribution in [-0.4, -0.2) is 53.1 Å². The van der Waals surface area contributed by atoms with Crippen LogP contribution in [0, 0.1) is 0 Å². The molecule has 0 bridgehead atoms. The Bertz CT molecular complexity index is 921. The Morgan fingerprint density at radius 2 is 0.882 bits per heavy atom. The number of aliphatic hydroxyl groups excluding tert-OH is 2. The van der Waals surface area contributed by atoms with E-state index in [1.54, 1.807) is 6.08 Å². The fourth-order valence-electron chi connectivity index (χ4n) is 6.65. The highest BCUT2D eigenvalue weighted by Gasteiger charge is 2.27. The molecule has 0 saturated heterocycles. The summed E-state index contributed by atoms with van der Waals surface area (Å²) in [5, 5.41) is 23.4. The lowest BCUT2D eigenvalue weighted by atomic mass is 10.0. The Morgan fingerprint density at radius 1 is 0.529 bits per heavy atom. The van der Waals surface area contributed by atoms with Crippen LogP contribution in [0.1, 0.15) is 219 Å². The van der Waals surface area contributed by atoms with Gasteiger partial charge in [0, 0.05) is 0 Å². The third kappa shape index (κ3) is 36.9. The van der Waals surface area contributed by atoms with Gasteiger partial charge >= 0.3 is 0 Å². The lowest BCUT2D eigenvalue weighted by molar-refractivity contribution is -0.130. The van der Waals surface area contributed by atoms with Crippen molar-refractivity contribution in [3.05, 3.63) is 24.3 Å². The summed E-state index contributed by atoms with van der Waals surface area (Å²) in [7, 11) is -4.45. The van der Waals surface area contributed by atoms with Crippen LogP contribution in [0.2, 0.25) is 0 Å². The maximum absolute atomic E-state index is 12.6. The van der Waals surface area contributed by atoms with Crippen LogP contribution in [0.4, 0.5) is 0 Å². The minimum atomic E-state index is -4.45. The minimum Gasteiger partial charge on any atom is -0.387 e. The van der Waals surface area contributed by atoms with Crippen LogP contribution in [0.15, 0.2) is 24.3 Å². The van der Waals surface area contributed by atoms with Crippen LogP contribution < -0.4 is 5.32 Å². The zero-order valence-corrected chi connectivity index (χ0v) is 34.2. The number of aliphatic hydroxyl groups is 2. The average molecular weight is 742 g/mol. The van der Waals surface area contributed by atoms with E-state index in [1.807, 2.05) is 0 Å². The van der Waals surface area contributed by atoms with E-state index in [2.05, 4.69) is 31.3 Å². The van der Waals surface area contributed by atoms with E-state index in [1.165, 1.54) is 160 Å². The van der Waals surface area contributed by atoms with Gasteiger partial charge in [0.05, 0.1) is 17.9 Å². The van der Waals surface area contributed by atoms with E-state index >= 15 is 0 Å². The molecule has 8 heteroatoms. The molecule has 0 radical (unpaired) electrons. The zero-order valence-electron chi connectivity index (χ0n) is 33.4. The first-order valence-corrected chi connectivity index (χ1v) is 23.3. The number of unbranched alkanes of at least 4 members (excludes halogenated alkanes) is 28. The van der Waals surface area contributed by atoms with Gasteiger partial charge in [-0.05, 0) is 32.1 Å². The predicted octanol–water partition coefficient (Wildman–Crippen LogP) is 11.7. The van der Waals surface area contributed by atoms with Crippen molar-refractivity contribution in [3.8, 4) is 0 Å². The van der Waals surface area contributed by atoms with Gasteiger partial charge in [0.2, 0.25) is 5.91 Å². The van der Waals surface area contributed by atoms with Crippen LogP contribution in [0.3, 0.4) is 0 Å². The minimum absolute atomic E-state index is 0.278. The summed E-state index contributed by atoms with van der Waals surface area (Å²) in [5.74, 6) is -1.55. The summed E-state index contributed by atoms with van der Waals surface area (Å²) in [6.45, 7) is 4.52. The van der Waals surface area contributed by atoms with Gasteiger partial charge in [0.15, 0.2) is 0 Å². The molecule has 7 nitrogen and oxygen atoms in total. The monoisotopic (exact) mass is 742 g/mol. The van der Waals surface area contributed by atoms with E-state index < -0.39 is 40.0 Å². The number of nitrogens with one attached hydrogen (secondary N) is 1. The third-order valence-electron chi connectivity index (χ3n) is 9.99. The van der Waals surface area contributed by atoms with Gasteiger partial charge < -0.3 is 15.5 Å². The molecule has 3 atom stereocenters. The summed E-state index contributed by atoms with van der Waals surface area (Å²) in [6.07, 6.45) is 43.8. The Labute approximate surface area is 316 Å². The highest BCUT2D eigenvalue weighted by molar-refractivity contribution is 7.85. The molecule has 0 aromatic heterocycles. The zero-order chi connectivity index (χ0) is 37.7. The van der Waals surface area contributed by atoms with E-state index in [9.17, 15) is 28.0 Å². The molecule has 0 aromatic carbocycles. The first kappa shape index (κ1) is 49.8. The summed E-state index contributed by atoms with van der Waals surface area (Å²) >= 11 is 0. The van der Waals surface area contributed by atoms with Crippen molar-refractivity contribution >= 4 is 16.0 Å². The van der Waals surface area contributed by atoms with E-state index in [0.717, 1.165) is 32.1 Å². The van der Waals surface area contributed by atoms with Crippen LogP contribution in [0.25, 0.3) is 0 Å². The maximum atomic E-state index is 12.6. The number of allylic oxidation sites excluding steroid dienone is 3. The summed E-state index contributed by atoms with van der Waals surface area (Å²) < 4.78 is 32.5. The molecule has 4 N–H and O–H groups in total. The van der Waals surface area contributed by atoms with Crippen LogP contribution >= 0.6 is 0 Å². The SMILES string of the molecule is CCCCCCCCCCCCCC/C=C/CC/C=C/C(O)C(CS(=O)(=O)O)NC(=O)C(O)CCCCCCCCCCCCCCCCCC. The number of rotatable bonds is 39. The van der Waals surface area contributed by atoms with Crippen molar-refractivity contribution in [2.75, 3.05) is 5.75 Å². The average Bonchev–Trinajstić information content (AvgIpc) is 3.09. The second-order valence-corrected chi connectivity index (χ2v) is 16.6. The molecule has 0 aromatic rings. The van der Waals surface area contributed by atoms with Gasteiger partial charge in [-0.2, -0.15) is 8.42 Å². The summed E-state index contributed by atoms with van der Waals surface area (Å²) in [4.78, 5) is 12.6. The molecule has 0 spiro atoms. The van der Waals surface area contributed by atoms with Gasteiger partial charge in [-0.1, -0.05) is 212 Å². The quantitative estimate of drug-likeness (QED) is 0.0282. The molecule has 3 unspecified atom stereocenters. The van der Waals surface area contributed by atoms with E-state index in [4.69, 9.17) is 0 Å². The molecular formula is C43H83NO6S. The number of hydrogen-bond donors (Lipinski definition) is 4. The van der Waals surface area contributed by atoms with Gasteiger partial charge in [0.25, 0.3) is 10.1 Å². The Hall–Kier alpha value is -1.22. The van der Waals surface area contributed by atoms with Gasteiger partial charge in [-0.15, -0.1) is 0 Å². The van der Waals surface area contributed by atoms with Crippen molar-refractivity contribution in [2.45, 2.75) is 238 Å². The molecule has 0 aliphatic carbocycles. The Morgan fingerprint density at radius 3 is 1.29 bits per heavy atom. The van der Waals surface area contributed by atoms with Crippen molar-refractivity contribution in [1.82, 2.24) is 5.32 Å². The molecule has 0 heterocycles. The third-order valence-corrected chi connectivity index (χ3v) is 10.8. The molecule has 51 heavy (non-hydrogen) atoms. The topological polar surface area (TPSA) is 124 Å². The Balaban J connectivity index is 4.04. The lowest BCUT2D eigenvalue weighted by Crippen LogP contribution is -2.50. The normalized spacial score (nSPS) is 14.1. The Kier molecular flexibility index (Phi) is 36.2. The highest BCUT2D eigenvalue weighted by Crippen LogP contribution is 2.16. The standard InChI is InChI=1S/C43H83NO6S/c1-3-5-7-9-11-13-15-17-19-21-22-24-25-27-29-31-33-35-37-41(45)40(39-51(48,49)50)44-43(47)42(46)38-36-34-32-30-28-26-23-20-18-16-14-12-10-8-6-4-2/h27,29,35,37,40-42,45-46H,3-26,28,30-34,36,38-39H2,1-2H3,(H,44,47)(H,48,49,50)/b29-27+,37-35+. The summed E-state index contributed by atoms with van der Waals surface area (Å²) in [6, 6.07) is -1.24. The number of hydrogen-bond acceptors (Lipinski definition) is 5. The maximum Gasteiger partial charge on any atom is 0.267 e. The lowest BCUT2D eigenvalue weighted by Gasteiger charge is -2.22. The second kappa shape index (κ2) is 37.1. The predicted molar refractivity (Wildman–Crippen MR) is 218 cm³/mol. The summed E-state index contributed by atoms with van der Waals surface area (Å²) in [5.41, 5.74) is 0. The van der Waals surface area contributed by atoms with Gasteiger partial charge in [0.1, 0.15) is 6.10 Å². The fraction of sp³-hybridized carbons (Fsp3) is 0.884. The van der Waals surface area contributed by atoms with Crippen LogP contribution in [0.5, 0.6) is 0 Å². The second-order valence-electron chi connectivity index (χ2n) is 15.1. The number of carbonyl (C=O) groups excluding carboxylic acids is 1. The fourth-order valence-corrected chi connectivity index (χ4v) is 7.38. The first-order valence-electron chi connectivity index (χ1n) is 21.6. The largest absolute Gasteiger partial charge is 0.387 e. The molecule has 302 valence electrons. The number of carbonyl (C=O) groups is 1. The highest BCUT2D eigenvalue weighted by atomic mass is 32.2. The molecular weight excluding hydrogens is 659 g/mol. The molecule has 0 fully saturated rings. The van der Waals surface area contributed by atoms with E-state index in [-0.39, 0.29) is 6.42 Å². The van der Waals surface area contributed by atoms with Crippen molar-refractivity contribution < 1.29 is 28.0 Å². The molecule has 0 saturated carbocycles. The van der Waals surface area contributed by atoms with Crippen molar-refractivity contribution in [2.24, 2.45) is 0 Å². The first-order chi connectivity index (χ1) is 24.7. The van der Waals surface area contributed by atoms with Crippen LogP contribution in [-0.2, 0) is 14.9 Å². The molecule has 1 amide bonds. The van der Waals surface area contributed by atoms with Gasteiger partial charge in [-0.3, -0.25) is 9.35 Å². The smallest absolute Gasteiger partial charge is 0.267 e. The molecule has 0 aliphatic heterocycles. The van der Waals surface area contributed by atoms with Crippen molar-refractivity contribution in [1.29, 1.82) is 0 Å². The van der Waals surface area contributed by atoms with E-state index in [0.29, 0.717) is 12.8 Å².